The number of esters is 1. The number of nitrogens with one attached hydrogen (secondary N) is 2. The van der Waals surface area contributed by atoms with Gasteiger partial charge in [0.2, 0.25) is 0 Å². The van der Waals surface area contributed by atoms with Gasteiger partial charge < -0.3 is 20.1 Å². The van der Waals surface area contributed by atoms with Crippen molar-refractivity contribution in [2.45, 2.75) is 19.9 Å². The maximum Gasteiger partial charge on any atom is 0.338 e. The van der Waals surface area contributed by atoms with Gasteiger partial charge in [-0.2, -0.15) is 0 Å². The molecule has 2 N–H and O–H groups in total. The molecule has 0 bridgehead atoms. The molecule has 1 atom stereocenters. The molecule has 0 saturated heterocycles. The first-order valence-electron chi connectivity index (χ1n) is 7.27. The fourth-order valence-electron chi connectivity index (χ4n) is 2.33. The summed E-state index contributed by atoms with van der Waals surface area (Å²) in [6, 6.07) is 6.26. The number of methoxy groups -OCH3 is 1. The highest BCUT2D eigenvalue weighted by molar-refractivity contribution is 5.95. The molecular weight excluding hydrogens is 296 g/mol. The highest BCUT2D eigenvalue weighted by atomic mass is 16.5. The summed E-state index contributed by atoms with van der Waals surface area (Å²) < 4.78 is 10.4. The summed E-state index contributed by atoms with van der Waals surface area (Å²) in [6.45, 7) is 3.71. The number of ether oxygens (including phenoxy) is 2. The van der Waals surface area contributed by atoms with Gasteiger partial charge in [-0.25, -0.2) is 9.59 Å². The Labute approximate surface area is 135 Å². The van der Waals surface area contributed by atoms with Crippen LogP contribution < -0.4 is 15.4 Å². The zero-order chi connectivity index (χ0) is 16.8. The second kappa shape index (κ2) is 7.49. The van der Waals surface area contributed by atoms with E-state index >= 15 is 0 Å². The highest BCUT2D eigenvalue weighted by Gasteiger charge is 2.32. The van der Waals surface area contributed by atoms with E-state index in [2.05, 4.69) is 10.6 Å². The zero-order valence-corrected chi connectivity index (χ0v) is 13.4. The first-order chi connectivity index (χ1) is 11.1. The van der Waals surface area contributed by atoms with Crippen LogP contribution in [0.3, 0.4) is 0 Å². The molecule has 122 valence electrons. The summed E-state index contributed by atoms with van der Waals surface area (Å²) in [5.74, 6) is 0.176. The lowest BCUT2D eigenvalue weighted by atomic mass is 9.95. The van der Waals surface area contributed by atoms with Gasteiger partial charge in [-0.3, -0.25) is 0 Å². The second-order valence-corrected chi connectivity index (χ2v) is 5.01. The summed E-state index contributed by atoms with van der Waals surface area (Å²) in [5, 5.41) is 5.36. The minimum atomic E-state index is -0.586. The molecule has 6 heteroatoms. The van der Waals surface area contributed by atoms with Crippen molar-refractivity contribution in [3.63, 3.8) is 0 Å². The smallest absolute Gasteiger partial charge is 0.338 e. The summed E-state index contributed by atoms with van der Waals surface area (Å²) in [5.41, 5.74) is 1.60. The Kier molecular flexibility index (Phi) is 5.41. The van der Waals surface area contributed by atoms with Crippen LogP contribution in [0, 0.1) is 0 Å². The topological polar surface area (TPSA) is 76.7 Å². The van der Waals surface area contributed by atoms with Gasteiger partial charge in [-0.05, 0) is 31.5 Å². The number of carbonyl (C=O) groups excluding carboxylic acids is 2. The van der Waals surface area contributed by atoms with Crippen molar-refractivity contribution in [3.05, 3.63) is 53.3 Å². The molecule has 0 aromatic heterocycles. The van der Waals surface area contributed by atoms with E-state index in [1.807, 2.05) is 13.0 Å². The zero-order valence-electron chi connectivity index (χ0n) is 13.4. The van der Waals surface area contributed by atoms with Crippen molar-refractivity contribution < 1.29 is 19.1 Å². The van der Waals surface area contributed by atoms with Crippen molar-refractivity contribution in [2.75, 3.05) is 13.7 Å². The highest BCUT2D eigenvalue weighted by Crippen LogP contribution is 2.29. The molecule has 0 radical (unpaired) electrons. The number of amides is 2. The molecule has 2 amide bonds. The summed E-state index contributed by atoms with van der Waals surface area (Å²) in [7, 11) is 1.56. The van der Waals surface area contributed by atoms with E-state index in [0.717, 1.165) is 5.56 Å². The van der Waals surface area contributed by atoms with E-state index in [1.54, 1.807) is 44.4 Å². The first-order valence-corrected chi connectivity index (χ1v) is 7.27. The molecule has 6 nitrogen and oxygen atoms in total. The fraction of sp³-hybridized carbons (Fsp3) is 0.294. The normalized spacial score (nSPS) is 17.7. The third-order valence-corrected chi connectivity index (χ3v) is 3.46. The molecule has 0 fully saturated rings. The monoisotopic (exact) mass is 316 g/mol. The van der Waals surface area contributed by atoms with Crippen LogP contribution in [0.25, 0.3) is 0 Å². The molecule has 1 aromatic carbocycles. The second-order valence-electron chi connectivity index (χ2n) is 5.01. The molecule has 1 heterocycles. The van der Waals surface area contributed by atoms with Gasteiger partial charge in [0, 0.05) is 5.70 Å². The van der Waals surface area contributed by atoms with Crippen molar-refractivity contribution in [3.8, 4) is 5.75 Å². The molecule has 0 saturated carbocycles. The average molecular weight is 316 g/mol. The number of hydrogen-bond donors (Lipinski definition) is 2. The van der Waals surface area contributed by atoms with E-state index in [-0.39, 0.29) is 12.6 Å². The Morgan fingerprint density at radius 1 is 1.39 bits per heavy atom. The van der Waals surface area contributed by atoms with Crippen LogP contribution in [0.1, 0.15) is 25.5 Å². The largest absolute Gasteiger partial charge is 0.497 e. The Morgan fingerprint density at radius 3 is 2.87 bits per heavy atom. The van der Waals surface area contributed by atoms with Gasteiger partial charge >= 0.3 is 12.0 Å². The molecule has 23 heavy (non-hydrogen) atoms. The molecule has 0 spiro atoms. The van der Waals surface area contributed by atoms with Crippen LogP contribution in [-0.2, 0) is 9.53 Å². The van der Waals surface area contributed by atoms with E-state index in [4.69, 9.17) is 9.47 Å². The summed E-state index contributed by atoms with van der Waals surface area (Å²) >= 11 is 0. The minimum absolute atomic E-state index is 0.185. The number of urea groups is 1. The Balaban J connectivity index is 2.35. The fourth-order valence-corrected chi connectivity index (χ4v) is 2.33. The molecule has 1 aliphatic heterocycles. The van der Waals surface area contributed by atoms with Crippen molar-refractivity contribution in [2.24, 2.45) is 0 Å². The first kappa shape index (κ1) is 16.6. The van der Waals surface area contributed by atoms with Crippen LogP contribution in [0.5, 0.6) is 5.75 Å². The number of hydrogen-bond acceptors (Lipinski definition) is 4. The van der Waals surface area contributed by atoms with Crippen LogP contribution >= 0.6 is 0 Å². The van der Waals surface area contributed by atoms with Gasteiger partial charge in [0.05, 0.1) is 18.7 Å². The number of rotatable bonds is 5. The van der Waals surface area contributed by atoms with Crippen LogP contribution in [-0.4, -0.2) is 25.7 Å². The predicted molar refractivity (Wildman–Crippen MR) is 85.9 cm³/mol. The molecule has 1 aromatic rings. The average Bonchev–Trinajstić information content (AvgIpc) is 2.54. The van der Waals surface area contributed by atoms with Crippen LogP contribution in [0.15, 0.2) is 47.7 Å². The lowest BCUT2D eigenvalue weighted by Crippen LogP contribution is -2.45. The minimum Gasteiger partial charge on any atom is -0.497 e. The number of carbonyl (C=O) groups is 2. The van der Waals surface area contributed by atoms with E-state index in [0.29, 0.717) is 17.0 Å². The molecule has 0 unspecified atom stereocenters. The van der Waals surface area contributed by atoms with E-state index in [1.165, 1.54) is 0 Å². The third-order valence-electron chi connectivity index (χ3n) is 3.46. The van der Waals surface area contributed by atoms with Crippen molar-refractivity contribution in [1.82, 2.24) is 10.6 Å². The van der Waals surface area contributed by atoms with E-state index in [9.17, 15) is 9.59 Å². The standard InChI is InChI=1S/C17H20N2O4/c1-4-5-9-23-16(20)14-11(2)18-17(21)19-15(14)12-7-6-8-13(10-12)22-3/h4-8,10,15H,9H2,1-3H3,(H2,18,19,21)/b5-4+/t15-/m0/s1. The summed E-state index contributed by atoms with van der Waals surface area (Å²) in [6.07, 6.45) is 3.54. The molecule has 0 aliphatic carbocycles. The maximum absolute atomic E-state index is 12.4. The Morgan fingerprint density at radius 2 is 2.17 bits per heavy atom. The third kappa shape index (κ3) is 3.91. The molecular formula is C17H20N2O4. The van der Waals surface area contributed by atoms with E-state index < -0.39 is 12.0 Å². The maximum atomic E-state index is 12.4. The van der Waals surface area contributed by atoms with Gasteiger partial charge in [-0.1, -0.05) is 24.3 Å². The lowest BCUT2D eigenvalue weighted by Gasteiger charge is -2.28. The van der Waals surface area contributed by atoms with Gasteiger partial charge in [0.1, 0.15) is 12.4 Å². The molecule has 1 aliphatic rings. The van der Waals surface area contributed by atoms with Gasteiger partial charge in [0.15, 0.2) is 0 Å². The Bertz CT molecular complexity index is 664. The quantitative estimate of drug-likeness (QED) is 0.646. The molecule has 2 rings (SSSR count). The number of allylic oxidation sites excluding steroid dienone is 2. The predicted octanol–water partition coefficient (Wildman–Crippen LogP) is 2.44. The van der Waals surface area contributed by atoms with Crippen LogP contribution in [0.4, 0.5) is 4.79 Å². The number of benzene rings is 1. The van der Waals surface area contributed by atoms with Crippen LogP contribution in [0.2, 0.25) is 0 Å². The van der Waals surface area contributed by atoms with Gasteiger partial charge in [-0.15, -0.1) is 0 Å². The summed E-state index contributed by atoms with van der Waals surface area (Å²) in [4.78, 5) is 24.2. The van der Waals surface area contributed by atoms with Gasteiger partial charge in [0.25, 0.3) is 0 Å². The lowest BCUT2D eigenvalue weighted by molar-refractivity contribution is -0.138. The SMILES string of the molecule is C/C=C/COC(=O)C1=C(C)NC(=O)N[C@H]1c1cccc(OC)c1. The van der Waals surface area contributed by atoms with Crippen molar-refractivity contribution >= 4 is 12.0 Å². The van der Waals surface area contributed by atoms with Crippen molar-refractivity contribution in [1.29, 1.82) is 0 Å². The Hall–Kier alpha value is -2.76.